The third kappa shape index (κ3) is 2.96. The van der Waals surface area contributed by atoms with Crippen molar-refractivity contribution in [2.24, 2.45) is 0 Å². The van der Waals surface area contributed by atoms with Gasteiger partial charge in [0.25, 0.3) is 0 Å². The van der Waals surface area contributed by atoms with Crippen LogP contribution in [0.3, 0.4) is 0 Å². The van der Waals surface area contributed by atoms with E-state index in [1.807, 2.05) is 36.4 Å². The number of hydrogen-bond acceptors (Lipinski definition) is 5. The van der Waals surface area contributed by atoms with Gasteiger partial charge < -0.3 is 19.2 Å². The van der Waals surface area contributed by atoms with Gasteiger partial charge in [-0.15, -0.1) is 0 Å². The van der Waals surface area contributed by atoms with Crippen LogP contribution < -0.4 is 14.8 Å². The second-order valence-electron chi connectivity index (χ2n) is 5.00. The van der Waals surface area contributed by atoms with Crippen molar-refractivity contribution < 1.29 is 19.0 Å². The second-order valence-corrected chi connectivity index (χ2v) is 5.00. The smallest absolute Gasteiger partial charge is 0.413 e. The molecule has 0 radical (unpaired) electrons. The van der Waals surface area contributed by atoms with Crippen molar-refractivity contribution in [2.75, 3.05) is 26.6 Å². The molecule has 3 rings (SSSR count). The van der Waals surface area contributed by atoms with Crippen LogP contribution in [0.2, 0.25) is 0 Å². The number of aromatic nitrogens is 2. The van der Waals surface area contributed by atoms with Gasteiger partial charge in [0.1, 0.15) is 0 Å². The Hall–Kier alpha value is -3.22. The topological polar surface area (TPSA) is 85.5 Å². The van der Waals surface area contributed by atoms with Crippen LogP contribution in [0.5, 0.6) is 11.5 Å². The molecule has 0 aliphatic heterocycles. The number of hydrogen-bond donors (Lipinski definition) is 2. The molecule has 3 aromatic rings. The minimum atomic E-state index is -0.575. The van der Waals surface area contributed by atoms with Gasteiger partial charge in [0.15, 0.2) is 11.5 Å². The van der Waals surface area contributed by atoms with Crippen molar-refractivity contribution >= 4 is 23.1 Å². The fourth-order valence-corrected chi connectivity index (χ4v) is 2.41. The van der Waals surface area contributed by atoms with E-state index in [4.69, 9.17) is 9.47 Å². The molecule has 0 saturated carbocycles. The number of ether oxygens (including phenoxy) is 3. The van der Waals surface area contributed by atoms with E-state index in [0.29, 0.717) is 17.4 Å². The first kappa shape index (κ1) is 15.7. The zero-order chi connectivity index (χ0) is 17.1. The maximum Gasteiger partial charge on any atom is 0.413 e. The summed E-state index contributed by atoms with van der Waals surface area (Å²) in [6.07, 6.45) is -0.575. The van der Waals surface area contributed by atoms with E-state index in [-0.39, 0.29) is 0 Å². The predicted octanol–water partition coefficient (Wildman–Crippen LogP) is 3.43. The molecular formula is C17H17N3O4. The molecule has 0 atom stereocenters. The molecule has 0 aliphatic rings. The lowest BCUT2D eigenvalue weighted by Gasteiger charge is -2.09. The lowest BCUT2D eigenvalue weighted by Crippen LogP contribution is -2.11. The summed E-state index contributed by atoms with van der Waals surface area (Å²) >= 11 is 0. The van der Waals surface area contributed by atoms with Gasteiger partial charge in [0.05, 0.1) is 32.4 Å². The molecule has 124 valence electrons. The number of imidazole rings is 1. The maximum atomic E-state index is 11.3. The average Bonchev–Trinajstić information content (AvgIpc) is 3.02. The number of fused-ring (bicyclic) bond motifs is 1. The molecule has 7 nitrogen and oxygen atoms in total. The molecule has 1 heterocycles. The molecule has 2 N–H and O–H groups in total. The number of amides is 1. The molecule has 7 heteroatoms. The third-order valence-electron chi connectivity index (χ3n) is 3.60. The number of nitrogens with one attached hydrogen (secondary N) is 2. The highest BCUT2D eigenvalue weighted by molar-refractivity contribution is 5.88. The van der Waals surface area contributed by atoms with E-state index in [9.17, 15) is 4.79 Å². The predicted molar refractivity (Wildman–Crippen MR) is 90.7 cm³/mol. The van der Waals surface area contributed by atoms with Crippen molar-refractivity contribution in [3.63, 3.8) is 0 Å². The van der Waals surface area contributed by atoms with E-state index in [0.717, 1.165) is 22.2 Å². The molecule has 0 bridgehead atoms. The van der Waals surface area contributed by atoms with E-state index < -0.39 is 6.09 Å². The lowest BCUT2D eigenvalue weighted by atomic mass is 10.0. The highest BCUT2D eigenvalue weighted by Gasteiger charge is 2.10. The number of rotatable bonds is 4. The first-order valence-electron chi connectivity index (χ1n) is 7.21. The van der Waals surface area contributed by atoms with Crippen molar-refractivity contribution in [3.05, 3.63) is 36.4 Å². The van der Waals surface area contributed by atoms with Gasteiger partial charge in [-0.1, -0.05) is 12.1 Å². The zero-order valence-corrected chi connectivity index (χ0v) is 13.5. The largest absolute Gasteiger partial charge is 0.493 e. The van der Waals surface area contributed by atoms with Crippen LogP contribution in [0, 0.1) is 0 Å². The van der Waals surface area contributed by atoms with E-state index in [1.165, 1.54) is 7.11 Å². The summed E-state index contributed by atoms with van der Waals surface area (Å²) < 4.78 is 15.1. The van der Waals surface area contributed by atoms with E-state index in [2.05, 4.69) is 20.0 Å². The fraction of sp³-hybridized carbons (Fsp3) is 0.176. The summed E-state index contributed by atoms with van der Waals surface area (Å²) in [5.41, 5.74) is 3.50. The van der Waals surface area contributed by atoms with Gasteiger partial charge in [-0.25, -0.2) is 9.78 Å². The second kappa shape index (κ2) is 6.49. The summed E-state index contributed by atoms with van der Waals surface area (Å²) in [6.45, 7) is 0. The summed E-state index contributed by atoms with van der Waals surface area (Å²) in [5, 5.41) is 2.51. The van der Waals surface area contributed by atoms with Crippen molar-refractivity contribution in [1.29, 1.82) is 0 Å². The van der Waals surface area contributed by atoms with Gasteiger partial charge in [-0.05, 0) is 35.4 Å². The first-order valence-corrected chi connectivity index (χ1v) is 7.21. The highest BCUT2D eigenvalue weighted by Crippen LogP contribution is 2.33. The van der Waals surface area contributed by atoms with Crippen LogP contribution >= 0.6 is 0 Å². The first-order chi connectivity index (χ1) is 11.6. The lowest BCUT2D eigenvalue weighted by molar-refractivity contribution is 0.186. The fourth-order valence-electron chi connectivity index (χ4n) is 2.41. The van der Waals surface area contributed by atoms with Crippen LogP contribution in [0.4, 0.5) is 10.7 Å². The van der Waals surface area contributed by atoms with Gasteiger partial charge in [0.2, 0.25) is 5.95 Å². The third-order valence-corrected chi connectivity index (χ3v) is 3.60. The quantitative estimate of drug-likeness (QED) is 0.767. The minimum Gasteiger partial charge on any atom is -0.493 e. The van der Waals surface area contributed by atoms with E-state index >= 15 is 0 Å². The van der Waals surface area contributed by atoms with Crippen LogP contribution in [-0.4, -0.2) is 37.4 Å². The van der Waals surface area contributed by atoms with Crippen LogP contribution in [0.25, 0.3) is 22.2 Å². The Bertz CT molecular complexity index is 889. The Labute approximate surface area is 138 Å². The van der Waals surface area contributed by atoms with E-state index in [1.54, 1.807) is 14.2 Å². The number of nitrogens with zero attached hydrogens (tertiary/aromatic N) is 1. The van der Waals surface area contributed by atoms with Gasteiger partial charge in [0, 0.05) is 0 Å². The Morgan fingerprint density at radius 2 is 1.71 bits per heavy atom. The standard InChI is InChI=1S/C17H17N3O4/c1-22-14-7-5-11(9-15(14)23-2)10-4-6-12-13(8-10)19-16(18-12)20-17(21)24-3/h4-9H,1-3H3,(H2,18,19,20,21). The van der Waals surface area contributed by atoms with Gasteiger partial charge in [-0.2, -0.15) is 0 Å². The summed E-state index contributed by atoms with van der Waals surface area (Å²) in [6, 6.07) is 11.5. The highest BCUT2D eigenvalue weighted by atomic mass is 16.5. The molecule has 1 aromatic heterocycles. The molecule has 0 aliphatic carbocycles. The molecule has 2 aromatic carbocycles. The molecule has 0 saturated heterocycles. The SMILES string of the molecule is COC(=O)Nc1nc2ccc(-c3ccc(OC)c(OC)c3)cc2[nH]1. The number of H-pyrrole nitrogens is 1. The molecular weight excluding hydrogens is 310 g/mol. The van der Waals surface area contributed by atoms with Crippen LogP contribution in [0.1, 0.15) is 0 Å². The number of methoxy groups -OCH3 is 3. The molecule has 24 heavy (non-hydrogen) atoms. The Balaban J connectivity index is 1.97. The summed E-state index contributed by atoms with van der Waals surface area (Å²) in [5.74, 6) is 1.67. The van der Waals surface area contributed by atoms with Crippen LogP contribution in [-0.2, 0) is 4.74 Å². The minimum absolute atomic E-state index is 0.335. The monoisotopic (exact) mass is 327 g/mol. The summed E-state index contributed by atoms with van der Waals surface area (Å²) in [7, 11) is 4.50. The number of benzene rings is 2. The number of aromatic amines is 1. The zero-order valence-electron chi connectivity index (χ0n) is 13.5. The molecule has 0 spiro atoms. The maximum absolute atomic E-state index is 11.3. The average molecular weight is 327 g/mol. The Morgan fingerprint density at radius 3 is 2.42 bits per heavy atom. The van der Waals surface area contributed by atoms with Crippen LogP contribution in [0.15, 0.2) is 36.4 Å². The van der Waals surface area contributed by atoms with Crippen molar-refractivity contribution in [3.8, 4) is 22.6 Å². The number of carbonyl (C=O) groups excluding carboxylic acids is 1. The number of carbonyl (C=O) groups is 1. The Morgan fingerprint density at radius 1 is 1.00 bits per heavy atom. The molecule has 0 fully saturated rings. The van der Waals surface area contributed by atoms with Gasteiger partial charge >= 0.3 is 6.09 Å². The Kier molecular flexibility index (Phi) is 4.24. The summed E-state index contributed by atoms with van der Waals surface area (Å²) in [4.78, 5) is 18.6. The normalized spacial score (nSPS) is 10.5. The molecule has 0 unspecified atom stereocenters. The van der Waals surface area contributed by atoms with Gasteiger partial charge in [-0.3, -0.25) is 5.32 Å². The van der Waals surface area contributed by atoms with Crippen molar-refractivity contribution in [1.82, 2.24) is 9.97 Å². The van der Waals surface area contributed by atoms with Crippen molar-refractivity contribution in [2.45, 2.75) is 0 Å². The number of anilines is 1. The molecule has 1 amide bonds.